The fourth-order valence-electron chi connectivity index (χ4n) is 0.506. The molecule has 1 aliphatic carbocycles. The van der Waals surface area contributed by atoms with Crippen LogP contribution >= 0.6 is 0 Å². The smallest absolute Gasteiger partial charge is 0.120 e. The zero-order valence-electron chi connectivity index (χ0n) is 6.05. The van der Waals surface area contributed by atoms with Crippen LogP contribution in [0.3, 0.4) is 0 Å². The normalized spacial score (nSPS) is 17.6. The topological polar surface area (TPSA) is 21.6 Å². The first kappa shape index (κ1) is 7.32. The molecule has 0 saturated heterocycles. The monoisotopic (exact) mass is 138 g/mol. The van der Waals surface area contributed by atoms with E-state index in [1.807, 2.05) is 6.08 Å². The maximum Gasteiger partial charge on any atom is 0.120 e. The molecule has 0 spiro atoms. The van der Waals surface area contributed by atoms with Gasteiger partial charge in [0.2, 0.25) is 0 Å². The largest absolute Gasteiger partial charge is 0.395 e. The zero-order valence-corrected chi connectivity index (χ0v) is 6.05. The van der Waals surface area contributed by atoms with Gasteiger partial charge in [-0.3, -0.25) is 0 Å². The lowest BCUT2D eigenvalue weighted by atomic mass is 10.5. The molecule has 0 amide bonds. The predicted molar refractivity (Wildman–Crippen MR) is 40.9 cm³/mol. The van der Waals surface area contributed by atoms with Crippen molar-refractivity contribution < 1.29 is 4.84 Å². The number of hydrogen-bond donors (Lipinski definition) is 0. The van der Waals surface area contributed by atoms with Crippen LogP contribution in [0.1, 0.15) is 19.3 Å². The highest BCUT2D eigenvalue weighted by Gasteiger charge is 2.19. The average molecular weight is 138 g/mol. The van der Waals surface area contributed by atoms with Crippen molar-refractivity contribution in [3.63, 3.8) is 0 Å². The molecule has 2 heteroatoms. The van der Waals surface area contributed by atoms with Crippen molar-refractivity contribution in [2.45, 2.75) is 19.3 Å². The van der Waals surface area contributed by atoms with E-state index in [0.717, 1.165) is 6.42 Å². The molecule has 0 aromatic rings. The molecule has 1 aliphatic rings. The fraction of sp³-hybridized carbons (Fsp3) is 0.625. The van der Waals surface area contributed by atoms with E-state index in [2.05, 4.69) is 17.9 Å². The Hall–Kier alpha value is -0.790. The molecule has 0 aliphatic heterocycles. The van der Waals surface area contributed by atoms with Crippen LogP contribution in [-0.2, 0) is 4.84 Å². The Morgan fingerprint density at radius 3 is 3.10 bits per heavy atom. The van der Waals surface area contributed by atoms with E-state index in [9.17, 15) is 0 Å². The summed E-state index contributed by atoms with van der Waals surface area (Å²) in [5, 5.41) is 3.67. The van der Waals surface area contributed by atoms with Gasteiger partial charge in [-0.2, -0.15) is 0 Å². The molecule has 0 bridgehead atoms. The average Bonchev–Trinajstić information content (AvgIpc) is 2.71. The summed E-state index contributed by atoms with van der Waals surface area (Å²) in [7, 11) is 0. The van der Waals surface area contributed by atoms with Crippen molar-refractivity contribution >= 4 is 6.21 Å². The van der Waals surface area contributed by atoms with Gasteiger partial charge < -0.3 is 4.84 Å². The quantitative estimate of drug-likeness (QED) is 0.246. The van der Waals surface area contributed by atoms with E-state index in [4.69, 9.17) is 4.84 Å². The third kappa shape index (κ3) is 3.28. The van der Waals surface area contributed by atoms with Gasteiger partial charge in [0.15, 0.2) is 0 Å². The second-order valence-corrected chi connectivity index (χ2v) is 2.41. The van der Waals surface area contributed by atoms with Gasteiger partial charge in [0.05, 0.1) is 0 Å². The van der Waals surface area contributed by atoms with E-state index in [-0.39, 0.29) is 0 Å². The number of rotatable bonds is 5. The van der Waals surface area contributed by atoms with E-state index < -0.39 is 0 Å². The van der Waals surface area contributed by atoms with E-state index >= 15 is 0 Å². The zero-order chi connectivity index (χ0) is 7.23. The highest BCUT2D eigenvalue weighted by atomic mass is 16.6. The van der Waals surface area contributed by atoms with Crippen molar-refractivity contribution in [2.24, 2.45) is 11.1 Å². The maximum atomic E-state index is 4.87. The Bertz CT molecular complexity index is 127. The van der Waals surface area contributed by atoms with Gasteiger partial charge in [0.25, 0.3) is 0 Å². The van der Waals surface area contributed by atoms with E-state index in [1.54, 1.807) is 0 Å². The summed E-state index contributed by atoms with van der Waals surface area (Å²) in [5.41, 5.74) is 0. The molecule has 55 valence electrons. The van der Waals surface area contributed by atoms with Gasteiger partial charge in [-0.1, -0.05) is 11.2 Å². The van der Waals surface area contributed by atoms with Crippen LogP contribution in [-0.4, -0.2) is 12.8 Å². The second-order valence-electron chi connectivity index (χ2n) is 2.41. The Morgan fingerprint density at radius 2 is 2.50 bits per heavy atom. The van der Waals surface area contributed by atoms with E-state index in [1.165, 1.54) is 12.8 Å². The van der Waals surface area contributed by atoms with Crippen LogP contribution in [0.15, 0.2) is 17.8 Å². The minimum Gasteiger partial charge on any atom is -0.395 e. The summed E-state index contributed by atoms with van der Waals surface area (Å²) in [5.74, 6) is 0.587. The Labute approximate surface area is 61.6 Å². The molecular formula is C8H12NO. The SMILES string of the molecule is C=CCCO/N=[C]/C1CC1. The summed E-state index contributed by atoms with van der Waals surface area (Å²) < 4.78 is 0. The first-order valence-corrected chi connectivity index (χ1v) is 3.62. The summed E-state index contributed by atoms with van der Waals surface area (Å²) in [6, 6.07) is 0. The summed E-state index contributed by atoms with van der Waals surface area (Å²) in [4.78, 5) is 4.87. The highest BCUT2D eigenvalue weighted by Crippen LogP contribution is 2.26. The molecule has 1 fully saturated rings. The van der Waals surface area contributed by atoms with Crippen molar-refractivity contribution in [3.05, 3.63) is 12.7 Å². The Morgan fingerprint density at radius 1 is 1.70 bits per heavy atom. The fourth-order valence-corrected chi connectivity index (χ4v) is 0.506. The number of hydrogen-bond acceptors (Lipinski definition) is 2. The molecule has 10 heavy (non-hydrogen) atoms. The van der Waals surface area contributed by atoms with Gasteiger partial charge in [0.1, 0.15) is 12.8 Å². The minimum absolute atomic E-state index is 0.587. The number of nitrogens with zero attached hydrogens (tertiary/aromatic N) is 1. The second kappa shape index (κ2) is 4.09. The molecule has 1 radical (unpaired) electrons. The van der Waals surface area contributed by atoms with Crippen LogP contribution in [0, 0.1) is 5.92 Å². The lowest BCUT2D eigenvalue weighted by Crippen LogP contribution is -1.85. The first-order chi connectivity index (χ1) is 4.93. The molecule has 0 N–H and O–H groups in total. The Balaban J connectivity index is 1.87. The molecule has 0 atom stereocenters. The predicted octanol–water partition coefficient (Wildman–Crippen LogP) is 1.85. The van der Waals surface area contributed by atoms with Crippen molar-refractivity contribution in [1.82, 2.24) is 0 Å². The molecule has 0 heterocycles. The standard InChI is InChI=1S/C8H12NO/c1-2-3-6-10-9-7-8-4-5-8/h2,8H,1,3-6H2. The molecule has 0 unspecified atom stereocenters. The summed E-state index contributed by atoms with van der Waals surface area (Å²) >= 11 is 0. The van der Waals surface area contributed by atoms with Gasteiger partial charge in [-0.15, -0.1) is 6.58 Å². The van der Waals surface area contributed by atoms with Crippen LogP contribution in [0.5, 0.6) is 0 Å². The minimum atomic E-state index is 0.587. The Kier molecular flexibility index (Phi) is 3.00. The lowest BCUT2D eigenvalue weighted by Gasteiger charge is -1.91. The third-order valence-corrected chi connectivity index (χ3v) is 1.29. The van der Waals surface area contributed by atoms with Gasteiger partial charge >= 0.3 is 0 Å². The van der Waals surface area contributed by atoms with Crippen molar-refractivity contribution in [2.75, 3.05) is 6.61 Å². The van der Waals surface area contributed by atoms with Crippen LogP contribution < -0.4 is 0 Å². The molecule has 1 rings (SSSR count). The van der Waals surface area contributed by atoms with Crippen LogP contribution in [0.4, 0.5) is 0 Å². The molecule has 1 saturated carbocycles. The third-order valence-electron chi connectivity index (χ3n) is 1.29. The molecule has 2 nitrogen and oxygen atoms in total. The van der Waals surface area contributed by atoms with Crippen molar-refractivity contribution in [1.29, 1.82) is 0 Å². The summed E-state index contributed by atoms with van der Waals surface area (Å²) in [6.07, 6.45) is 8.01. The maximum absolute atomic E-state index is 4.87. The molecular weight excluding hydrogens is 126 g/mol. The lowest BCUT2D eigenvalue weighted by molar-refractivity contribution is 0.150. The van der Waals surface area contributed by atoms with Crippen LogP contribution in [0.2, 0.25) is 0 Å². The molecule has 0 aromatic heterocycles. The van der Waals surface area contributed by atoms with E-state index in [0.29, 0.717) is 12.5 Å². The molecule has 0 aromatic carbocycles. The van der Waals surface area contributed by atoms with Gasteiger partial charge in [-0.25, -0.2) is 0 Å². The van der Waals surface area contributed by atoms with Crippen LogP contribution in [0.25, 0.3) is 0 Å². The van der Waals surface area contributed by atoms with Gasteiger partial charge in [0, 0.05) is 12.3 Å². The van der Waals surface area contributed by atoms with Crippen molar-refractivity contribution in [3.8, 4) is 0 Å². The first-order valence-electron chi connectivity index (χ1n) is 3.62. The summed E-state index contributed by atoms with van der Waals surface area (Å²) in [6.45, 7) is 4.19. The van der Waals surface area contributed by atoms with Gasteiger partial charge in [-0.05, 0) is 12.8 Å². The highest BCUT2D eigenvalue weighted by molar-refractivity contribution is 5.62.